The van der Waals surface area contributed by atoms with Crippen LogP contribution in [0, 0.1) is 0 Å². The zero-order valence-corrected chi connectivity index (χ0v) is 8.43. The van der Waals surface area contributed by atoms with Crippen LogP contribution in [-0.4, -0.2) is 37.1 Å². The van der Waals surface area contributed by atoms with E-state index in [-0.39, 0.29) is 6.04 Å². The number of allylic oxidation sites excluding steroid dienone is 1. The molecule has 0 amide bonds. The summed E-state index contributed by atoms with van der Waals surface area (Å²) in [6, 6.07) is -0.153. The Kier molecular flexibility index (Phi) is 11.1. The first-order valence-corrected chi connectivity index (χ1v) is 4.17. The second-order valence-electron chi connectivity index (χ2n) is 2.71. The minimum absolute atomic E-state index is 0.153. The van der Waals surface area contributed by atoms with Crippen molar-refractivity contribution in [2.75, 3.05) is 13.7 Å². The smallest absolute Gasteiger partial charge is 0.117 e. The molecule has 0 heterocycles. The van der Waals surface area contributed by atoms with Gasteiger partial charge in [-0.2, -0.15) is 0 Å². The van der Waals surface area contributed by atoms with Crippen molar-refractivity contribution < 1.29 is 13.9 Å². The summed E-state index contributed by atoms with van der Waals surface area (Å²) in [4.78, 5) is 0. The van der Waals surface area contributed by atoms with Crippen molar-refractivity contribution in [3.05, 3.63) is 12.7 Å². The van der Waals surface area contributed by atoms with Gasteiger partial charge in [-0.05, 0) is 20.9 Å². The minimum Gasteiger partial charge on any atom is -0.389 e. The van der Waals surface area contributed by atoms with Gasteiger partial charge < -0.3 is 10.4 Å². The lowest BCUT2D eigenvalue weighted by molar-refractivity contribution is 0.108. The van der Waals surface area contributed by atoms with Crippen LogP contribution in [0.25, 0.3) is 0 Å². The lowest BCUT2D eigenvalue weighted by atomic mass is 10.2. The van der Waals surface area contributed by atoms with Gasteiger partial charge in [-0.3, -0.25) is 0 Å². The molecule has 0 aromatic carbocycles. The summed E-state index contributed by atoms with van der Waals surface area (Å²) in [5.41, 5.74) is 0. The monoisotopic (exact) mass is 195 g/mol. The van der Waals surface area contributed by atoms with Crippen LogP contribution >= 0.6 is 0 Å². The molecule has 2 N–H and O–H groups in total. The van der Waals surface area contributed by atoms with E-state index in [2.05, 4.69) is 11.9 Å². The van der Waals surface area contributed by atoms with Gasteiger partial charge >= 0.3 is 0 Å². The number of rotatable bonds is 4. The third-order valence-electron chi connectivity index (χ3n) is 1.52. The van der Waals surface area contributed by atoms with Crippen LogP contribution in [-0.2, 0) is 0 Å². The molecule has 13 heavy (non-hydrogen) atoms. The average molecular weight is 195 g/mol. The lowest BCUT2D eigenvalue weighted by Gasteiger charge is -2.13. The van der Waals surface area contributed by atoms with Gasteiger partial charge in [0.25, 0.3) is 0 Å². The van der Waals surface area contributed by atoms with Crippen molar-refractivity contribution in [3.63, 3.8) is 0 Å². The summed E-state index contributed by atoms with van der Waals surface area (Å²) in [7, 11) is 1.68. The van der Waals surface area contributed by atoms with Gasteiger partial charge in [0.1, 0.15) is 12.8 Å². The first-order chi connectivity index (χ1) is 5.99. The second kappa shape index (κ2) is 9.61. The summed E-state index contributed by atoms with van der Waals surface area (Å²) in [5, 5.41) is 11.4. The van der Waals surface area contributed by atoms with Crippen molar-refractivity contribution in [2.24, 2.45) is 0 Å². The molecule has 0 spiro atoms. The fourth-order valence-electron chi connectivity index (χ4n) is 0.326. The molecule has 0 aromatic rings. The summed E-state index contributed by atoms with van der Waals surface area (Å²) < 4.78 is 22.8. The number of alkyl halides is 2. The number of aliphatic hydroxyl groups excluding tert-OH is 1. The quantitative estimate of drug-likeness (QED) is 0.665. The van der Waals surface area contributed by atoms with E-state index in [0.717, 1.165) is 0 Å². The summed E-state index contributed by atoms with van der Waals surface area (Å²) >= 11 is 0. The molecule has 80 valence electrons. The number of hydrogen-bond acceptors (Lipinski definition) is 2. The maximum absolute atomic E-state index is 11.5. The van der Waals surface area contributed by atoms with E-state index in [9.17, 15) is 8.78 Å². The Hall–Kier alpha value is -0.480. The molecule has 0 radical (unpaired) electrons. The zero-order chi connectivity index (χ0) is 10.9. The molecule has 0 saturated heterocycles. The molecule has 0 rings (SSSR count). The zero-order valence-electron chi connectivity index (χ0n) is 8.43. The molecule has 4 heteroatoms. The van der Waals surface area contributed by atoms with E-state index in [1.807, 2.05) is 0 Å². The highest BCUT2D eigenvalue weighted by atomic mass is 19.1. The van der Waals surface area contributed by atoms with Gasteiger partial charge in [0.15, 0.2) is 0 Å². The molecule has 0 aliphatic carbocycles. The first-order valence-electron chi connectivity index (χ1n) is 4.17. The molecule has 3 unspecified atom stereocenters. The molecule has 0 aromatic heterocycles. The van der Waals surface area contributed by atoms with Gasteiger partial charge in [0, 0.05) is 6.04 Å². The van der Waals surface area contributed by atoms with Crippen molar-refractivity contribution in [2.45, 2.75) is 32.2 Å². The standard InChI is InChI=1S/C5H12FNO.C4H7F/c1-4(7-2)5(8)3-6;1-3-4(2)5/h4-5,7-8H,3H2,1-2H3;3-4H,1H2,2H3. The highest BCUT2D eigenvalue weighted by molar-refractivity contribution is 4.72. The van der Waals surface area contributed by atoms with E-state index in [1.54, 1.807) is 14.0 Å². The maximum atomic E-state index is 11.5. The number of hydrogen-bond donors (Lipinski definition) is 2. The Balaban J connectivity index is 0. The molecule has 0 aliphatic rings. The predicted molar refractivity (Wildman–Crippen MR) is 51.3 cm³/mol. The minimum atomic E-state index is -0.861. The molecule has 0 fully saturated rings. The molecule has 2 nitrogen and oxygen atoms in total. The second-order valence-corrected chi connectivity index (χ2v) is 2.71. The number of likely N-dealkylation sites (N-methyl/N-ethyl adjacent to an activating group) is 1. The van der Waals surface area contributed by atoms with Gasteiger partial charge in [0.2, 0.25) is 0 Å². The molecule has 3 atom stereocenters. The predicted octanol–water partition coefficient (Wildman–Crippen LogP) is 1.46. The molecule has 0 bridgehead atoms. The van der Waals surface area contributed by atoms with Crippen LogP contribution in [0.1, 0.15) is 13.8 Å². The third kappa shape index (κ3) is 11.5. The van der Waals surface area contributed by atoms with Gasteiger partial charge in [-0.15, -0.1) is 6.58 Å². The number of aliphatic hydroxyl groups is 1. The Bertz CT molecular complexity index is 112. The van der Waals surface area contributed by atoms with Crippen LogP contribution in [0.4, 0.5) is 8.78 Å². The average Bonchev–Trinajstić information content (AvgIpc) is 2.16. The van der Waals surface area contributed by atoms with E-state index in [0.29, 0.717) is 0 Å². The molecule has 0 saturated carbocycles. The largest absolute Gasteiger partial charge is 0.389 e. The van der Waals surface area contributed by atoms with Crippen LogP contribution in [0.15, 0.2) is 12.7 Å². The van der Waals surface area contributed by atoms with Gasteiger partial charge in [-0.25, -0.2) is 8.78 Å². The first kappa shape index (κ1) is 15.0. The third-order valence-corrected chi connectivity index (χ3v) is 1.52. The van der Waals surface area contributed by atoms with E-state index < -0.39 is 19.0 Å². The van der Waals surface area contributed by atoms with E-state index in [1.165, 1.54) is 13.0 Å². The Morgan fingerprint density at radius 3 is 2.00 bits per heavy atom. The van der Waals surface area contributed by atoms with Crippen molar-refractivity contribution in [1.82, 2.24) is 5.32 Å². The molecular weight excluding hydrogens is 176 g/mol. The molecule has 0 aliphatic heterocycles. The van der Waals surface area contributed by atoms with Crippen LogP contribution in [0.2, 0.25) is 0 Å². The Morgan fingerprint density at radius 2 is 1.92 bits per heavy atom. The van der Waals surface area contributed by atoms with Gasteiger partial charge in [0.05, 0.1) is 6.10 Å². The SMILES string of the molecule is C=CC(C)F.CNC(C)C(O)CF. The normalized spacial score (nSPS) is 16.5. The highest BCUT2D eigenvalue weighted by Gasteiger charge is 2.09. The topological polar surface area (TPSA) is 32.3 Å². The summed E-state index contributed by atoms with van der Waals surface area (Å²) in [6.07, 6.45) is -0.463. The summed E-state index contributed by atoms with van der Waals surface area (Å²) in [6.45, 7) is 5.67. The Labute approximate surface area is 78.7 Å². The fraction of sp³-hybridized carbons (Fsp3) is 0.778. The lowest BCUT2D eigenvalue weighted by Crippen LogP contribution is -2.35. The van der Waals surface area contributed by atoms with Crippen molar-refractivity contribution in [1.29, 1.82) is 0 Å². The summed E-state index contributed by atoms with van der Waals surface area (Å²) in [5.74, 6) is 0. The Morgan fingerprint density at radius 1 is 1.54 bits per heavy atom. The van der Waals surface area contributed by atoms with Gasteiger partial charge in [-0.1, -0.05) is 6.08 Å². The maximum Gasteiger partial charge on any atom is 0.117 e. The number of nitrogens with one attached hydrogen (secondary N) is 1. The van der Waals surface area contributed by atoms with Crippen molar-refractivity contribution in [3.8, 4) is 0 Å². The van der Waals surface area contributed by atoms with Crippen LogP contribution in [0.5, 0.6) is 0 Å². The van der Waals surface area contributed by atoms with Crippen LogP contribution < -0.4 is 5.32 Å². The molecular formula is C9H19F2NO. The van der Waals surface area contributed by atoms with E-state index in [4.69, 9.17) is 5.11 Å². The van der Waals surface area contributed by atoms with Crippen LogP contribution in [0.3, 0.4) is 0 Å². The van der Waals surface area contributed by atoms with E-state index >= 15 is 0 Å². The number of halogens is 2. The van der Waals surface area contributed by atoms with Crippen molar-refractivity contribution >= 4 is 0 Å². The fourth-order valence-corrected chi connectivity index (χ4v) is 0.326. The highest BCUT2D eigenvalue weighted by Crippen LogP contribution is 1.90.